The Morgan fingerprint density at radius 3 is 2.60 bits per heavy atom. The van der Waals surface area contributed by atoms with Gasteiger partial charge in [-0.25, -0.2) is 0 Å². The van der Waals surface area contributed by atoms with Gasteiger partial charge in [-0.15, -0.1) is 0 Å². The standard InChI is InChI=1S/C15H11F3N2O4S/c16-15(17,18)25(22,23)24-11-5-4-10-6-8-20(13(10)9-11)14(21)12-3-1-2-7-19-12/h1-5,7,9H,6,8H2. The lowest BCUT2D eigenvalue weighted by Crippen LogP contribution is -2.30. The van der Waals surface area contributed by atoms with Gasteiger partial charge in [0.25, 0.3) is 5.91 Å². The maximum absolute atomic E-state index is 12.5. The Labute approximate surface area is 141 Å². The number of fused-ring (bicyclic) bond motifs is 1. The number of carbonyl (C=O) groups excluding carboxylic acids is 1. The van der Waals surface area contributed by atoms with Gasteiger partial charge in [-0.3, -0.25) is 9.78 Å². The van der Waals surface area contributed by atoms with Crippen molar-refractivity contribution in [2.75, 3.05) is 11.4 Å². The SMILES string of the molecule is O=C(c1ccccn1)N1CCc2ccc(OS(=O)(=O)C(F)(F)F)cc21. The number of hydrogen-bond donors (Lipinski definition) is 0. The Hall–Kier alpha value is -2.62. The molecular formula is C15H11F3N2O4S. The van der Waals surface area contributed by atoms with Crippen LogP contribution in [0.1, 0.15) is 16.1 Å². The number of anilines is 1. The van der Waals surface area contributed by atoms with Gasteiger partial charge in [-0.2, -0.15) is 21.6 Å². The molecule has 1 aliphatic rings. The summed E-state index contributed by atoms with van der Waals surface area (Å²) in [6.07, 6.45) is 1.93. The second kappa shape index (κ2) is 6.03. The third kappa shape index (κ3) is 3.29. The number of benzene rings is 1. The number of nitrogens with zero attached hydrogens (tertiary/aromatic N) is 2. The Bertz CT molecular complexity index is 914. The predicted molar refractivity (Wildman–Crippen MR) is 81.7 cm³/mol. The summed E-state index contributed by atoms with van der Waals surface area (Å²) in [6.45, 7) is 0.306. The van der Waals surface area contributed by atoms with Crippen molar-refractivity contribution in [2.24, 2.45) is 0 Å². The van der Waals surface area contributed by atoms with E-state index in [1.165, 1.54) is 23.2 Å². The molecule has 10 heteroatoms. The van der Waals surface area contributed by atoms with Crippen LogP contribution in [0, 0.1) is 0 Å². The van der Waals surface area contributed by atoms with E-state index in [4.69, 9.17) is 0 Å². The minimum atomic E-state index is -5.77. The first kappa shape index (κ1) is 17.2. The molecule has 0 atom stereocenters. The molecule has 2 heterocycles. The van der Waals surface area contributed by atoms with Gasteiger partial charge in [0.2, 0.25) is 0 Å². The van der Waals surface area contributed by atoms with Crippen LogP contribution in [0.5, 0.6) is 5.75 Å². The van der Waals surface area contributed by atoms with Crippen molar-refractivity contribution in [3.05, 3.63) is 53.9 Å². The summed E-state index contributed by atoms with van der Waals surface area (Å²) in [4.78, 5) is 17.8. The first-order chi connectivity index (χ1) is 11.7. The van der Waals surface area contributed by atoms with Gasteiger partial charge in [0.05, 0.1) is 5.69 Å². The highest BCUT2D eigenvalue weighted by molar-refractivity contribution is 7.88. The van der Waals surface area contributed by atoms with Gasteiger partial charge < -0.3 is 9.08 Å². The summed E-state index contributed by atoms with van der Waals surface area (Å²) in [5, 5.41) is 0. The summed E-state index contributed by atoms with van der Waals surface area (Å²) < 4.78 is 63.7. The lowest BCUT2D eigenvalue weighted by Gasteiger charge is -2.17. The average Bonchev–Trinajstić information content (AvgIpc) is 2.96. The number of carbonyl (C=O) groups is 1. The van der Waals surface area contributed by atoms with E-state index in [1.807, 2.05) is 0 Å². The fourth-order valence-electron chi connectivity index (χ4n) is 2.42. The van der Waals surface area contributed by atoms with E-state index in [-0.39, 0.29) is 5.69 Å². The van der Waals surface area contributed by atoms with E-state index in [0.29, 0.717) is 24.2 Å². The van der Waals surface area contributed by atoms with E-state index in [2.05, 4.69) is 9.17 Å². The van der Waals surface area contributed by atoms with Crippen molar-refractivity contribution in [3.63, 3.8) is 0 Å². The molecule has 0 saturated carbocycles. The Morgan fingerprint density at radius 1 is 1.20 bits per heavy atom. The zero-order valence-electron chi connectivity index (χ0n) is 12.5. The van der Waals surface area contributed by atoms with Crippen LogP contribution < -0.4 is 9.08 Å². The molecule has 1 amide bonds. The minimum absolute atomic E-state index is 0.171. The molecule has 0 aliphatic carbocycles. The van der Waals surface area contributed by atoms with Crippen LogP contribution >= 0.6 is 0 Å². The van der Waals surface area contributed by atoms with Crippen LogP contribution in [-0.4, -0.2) is 31.4 Å². The molecule has 0 saturated heterocycles. The molecule has 3 rings (SSSR count). The maximum Gasteiger partial charge on any atom is 0.534 e. The monoisotopic (exact) mass is 372 g/mol. The topological polar surface area (TPSA) is 76.6 Å². The van der Waals surface area contributed by atoms with Crippen LogP contribution in [-0.2, 0) is 16.5 Å². The molecule has 0 spiro atoms. The van der Waals surface area contributed by atoms with Crippen LogP contribution in [0.4, 0.5) is 18.9 Å². The Kier molecular flexibility index (Phi) is 4.15. The molecule has 0 unspecified atom stereocenters. The molecule has 25 heavy (non-hydrogen) atoms. The normalized spacial score (nSPS) is 14.3. The summed E-state index contributed by atoms with van der Waals surface area (Å²) in [7, 11) is -5.77. The van der Waals surface area contributed by atoms with E-state index in [0.717, 1.165) is 12.1 Å². The van der Waals surface area contributed by atoms with Crippen LogP contribution in [0.3, 0.4) is 0 Å². The van der Waals surface area contributed by atoms with E-state index in [9.17, 15) is 26.4 Å². The third-order valence-electron chi connectivity index (χ3n) is 3.57. The quantitative estimate of drug-likeness (QED) is 0.611. The summed E-state index contributed by atoms with van der Waals surface area (Å²) in [5.74, 6) is -0.952. The molecule has 0 radical (unpaired) electrons. The van der Waals surface area contributed by atoms with Gasteiger partial charge in [-0.05, 0) is 30.2 Å². The van der Waals surface area contributed by atoms with Crippen molar-refractivity contribution < 1.29 is 30.6 Å². The summed E-state index contributed by atoms with van der Waals surface area (Å²) >= 11 is 0. The average molecular weight is 372 g/mol. The van der Waals surface area contributed by atoms with Gasteiger partial charge >= 0.3 is 15.6 Å². The molecular weight excluding hydrogens is 361 g/mol. The lowest BCUT2D eigenvalue weighted by molar-refractivity contribution is -0.0500. The number of aromatic nitrogens is 1. The first-order valence-corrected chi connectivity index (χ1v) is 8.46. The van der Waals surface area contributed by atoms with Gasteiger partial charge in [-0.1, -0.05) is 12.1 Å². The van der Waals surface area contributed by atoms with Crippen molar-refractivity contribution in [1.82, 2.24) is 4.98 Å². The largest absolute Gasteiger partial charge is 0.534 e. The highest BCUT2D eigenvalue weighted by Gasteiger charge is 2.48. The first-order valence-electron chi connectivity index (χ1n) is 7.05. The molecule has 1 aliphatic heterocycles. The second-order valence-electron chi connectivity index (χ2n) is 5.20. The predicted octanol–water partition coefficient (Wildman–Crippen LogP) is 2.51. The number of rotatable bonds is 3. The van der Waals surface area contributed by atoms with Gasteiger partial charge in [0.15, 0.2) is 0 Å². The number of pyridine rings is 1. The van der Waals surface area contributed by atoms with E-state index in [1.54, 1.807) is 12.1 Å². The van der Waals surface area contributed by atoms with Crippen LogP contribution in [0.15, 0.2) is 42.6 Å². The van der Waals surface area contributed by atoms with Gasteiger partial charge in [0.1, 0.15) is 11.4 Å². The highest BCUT2D eigenvalue weighted by Crippen LogP contribution is 2.34. The van der Waals surface area contributed by atoms with E-state index < -0.39 is 27.3 Å². The molecule has 2 aromatic rings. The number of hydrogen-bond acceptors (Lipinski definition) is 5. The fraction of sp³-hybridized carbons (Fsp3) is 0.200. The molecule has 132 valence electrons. The molecule has 1 aromatic carbocycles. The van der Waals surface area contributed by atoms with Gasteiger partial charge in [0, 0.05) is 18.8 Å². The summed E-state index contributed by atoms with van der Waals surface area (Å²) in [5.41, 5.74) is -4.37. The number of alkyl halides is 3. The highest BCUT2D eigenvalue weighted by atomic mass is 32.2. The van der Waals surface area contributed by atoms with Crippen molar-refractivity contribution in [2.45, 2.75) is 11.9 Å². The van der Waals surface area contributed by atoms with Crippen molar-refractivity contribution in [1.29, 1.82) is 0 Å². The Morgan fingerprint density at radius 2 is 1.96 bits per heavy atom. The molecule has 6 nitrogen and oxygen atoms in total. The second-order valence-corrected chi connectivity index (χ2v) is 6.73. The van der Waals surface area contributed by atoms with Crippen molar-refractivity contribution in [3.8, 4) is 5.75 Å². The molecule has 0 fully saturated rings. The fourth-order valence-corrected chi connectivity index (χ4v) is 2.87. The maximum atomic E-state index is 12.5. The third-order valence-corrected chi connectivity index (χ3v) is 4.55. The zero-order chi connectivity index (χ0) is 18.2. The number of amides is 1. The molecule has 1 aromatic heterocycles. The van der Waals surface area contributed by atoms with Crippen molar-refractivity contribution >= 4 is 21.7 Å². The minimum Gasteiger partial charge on any atom is -0.376 e. The zero-order valence-corrected chi connectivity index (χ0v) is 13.3. The number of halogens is 3. The summed E-state index contributed by atoms with van der Waals surface area (Å²) in [6, 6.07) is 8.44. The van der Waals surface area contributed by atoms with Crippen LogP contribution in [0.25, 0.3) is 0 Å². The van der Waals surface area contributed by atoms with E-state index >= 15 is 0 Å². The lowest BCUT2D eigenvalue weighted by atomic mass is 10.1. The Balaban J connectivity index is 1.91. The molecule has 0 N–H and O–H groups in total. The van der Waals surface area contributed by atoms with Crippen LogP contribution in [0.2, 0.25) is 0 Å². The smallest absolute Gasteiger partial charge is 0.376 e. The molecule has 0 bridgehead atoms.